The molecule has 1 aromatic rings. The van der Waals surface area contributed by atoms with Crippen LogP contribution in [0.3, 0.4) is 0 Å². The largest absolute Gasteiger partial charge is 0.347 e. The Morgan fingerprint density at radius 2 is 2.19 bits per heavy atom. The van der Waals surface area contributed by atoms with E-state index in [4.69, 9.17) is 5.73 Å². The molecule has 2 rings (SSSR count). The predicted octanol–water partition coefficient (Wildman–Crippen LogP) is 3.03. The van der Waals surface area contributed by atoms with Crippen molar-refractivity contribution in [1.82, 2.24) is 10.3 Å². The number of hydrogen-bond acceptors (Lipinski definition) is 4. The van der Waals surface area contributed by atoms with Gasteiger partial charge in [0.15, 0.2) is 0 Å². The number of hydrogen-bond donors (Lipinski definition) is 2. The maximum absolute atomic E-state index is 12.7. The molecule has 4 atom stereocenters. The molecule has 5 heteroatoms. The van der Waals surface area contributed by atoms with Gasteiger partial charge in [-0.15, -0.1) is 11.3 Å². The lowest BCUT2D eigenvalue weighted by atomic mass is 9.61. The van der Waals surface area contributed by atoms with Gasteiger partial charge in [-0.2, -0.15) is 0 Å². The summed E-state index contributed by atoms with van der Waals surface area (Å²) in [7, 11) is 0. The van der Waals surface area contributed by atoms with E-state index in [1.165, 1.54) is 0 Å². The summed E-state index contributed by atoms with van der Waals surface area (Å²) in [6.07, 6.45) is 1.79. The van der Waals surface area contributed by atoms with Gasteiger partial charge in [-0.25, -0.2) is 4.98 Å². The van der Waals surface area contributed by atoms with Crippen LogP contribution in [0.2, 0.25) is 0 Å². The molecule has 4 unspecified atom stereocenters. The third-order valence-corrected chi connectivity index (χ3v) is 6.33. The van der Waals surface area contributed by atoms with Gasteiger partial charge in [0.1, 0.15) is 5.01 Å². The van der Waals surface area contributed by atoms with Gasteiger partial charge in [-0.05, 0) is 38.0 Å². The van der Waals surface area contributed by atoms with E-state index < -0.39 is 0 Å². The van der Waals surface area contributed by atoms with Crippen molar-refractivity contribution >= 4 is 17.2 Å². The summed E-state index contributed by atoms with van der Waals surface area (Å²) in [5.74, 6) is 0.509. The van der Waals surface area contributed by atoms with Crippen molar-refractivity contribution in [2.75, 3.05) is 0 Å². The predicted molar refractivity (Wildman–Crippen MR) is 87.1 cm³/mol. The minimum Gasteiger partial charge on any atom is -0.347 e. The van der Waals surface area contributed by atoms with Gasteiger partial charge in [0, 0.05) is 23.0 Å². The Kier molecular flexibility index (Phi) is 4.73. The van der Waals surface area contributed by atoms with Crippen LogP contribution in [0.5, 0.6) is 0 Å². The molecule has 0 bridgehead atoms. The first-order valence-electron chi connectivity index (χ1n) is 7.71. The van der Waals surface area contributed by atoms with Crippen molar-refractivity contribution in [3.8, 4) is 0 Å². The Balaban J connectivity index is 2.06. The highest BCUT2D eigenvalue weighted by Gasteiger charge is 2.45. The summed E-state index contributed by atoms with van der Waals surface area (Å²) >= 11 is 1.60. The number of nitrogens with two attached hydrogens (primary N) is 1. The summed E-state index contributed by atoms with van der Waals surface area (Å²) in [6.45, 7) is 10.5. The topological polar surface area (TPSA) is 68.0 Å². The number of thiazole rings is 1. The molecule has 1 fully saturated rings. The maximum atomic E-state index is 12.7. The van der Waals surface area contributed by atoms with Gasteiger partial charge in [0.2, 0.25) is 5.91 Å². The van der Waals surface area contributed by atoms with Crippen molar-refractivity contribution in [2.45, 2.75) is 59.5 Å². The highest BCUT2D eigenvalue weighted by atomic mass is 32.1. The number of aryl methyl sites for hydroxylation is 1. The molecule has 21 heavy (non-hydrogen) atoms. The maximum Gasteiger partial charge on any atom is 0.224 e. The van der Waals surface area contributed by atoms with Crippen molar-refractivity contribution < 1.29 is 4.79 Å². The quantitative estimate of drug-likeness (QED) is 0.902. The molecule has 1 amide bonds. The van der Waals surface area contributed by atoms with E-state index in [0.717, 1.165) is 23.5 Å². The van der Waals surface area contributed by atoms with Gasteiger partial charge < -0.3 is 11.1 Å². The standard InChI is InChI=1S/C16H27N3OS/c1-9-8-21-15(18-9)11(3)19-14(20)12-6-7-13(17)10(2)16(12,4)5/h8,10-13H,6-7,17H2,1-5H3,(H,19,20). The third-order valence-electron chi connectivity index (χ3n) is 5.19. The molecule has 1 aliphatic carbocycles. The van der Waals surface area contributed by atoms with Gasteiger partial charge in [0.05, 0.1) is 6.04 Å². The number of nitrogens with one attached hydrogen (secondary N) is 1. The molecule has 0 spiro atoms. The van der Waals surface area contributed by atoms with Crippen LogP contribution >= 0.6 is 11.3 Å². The van der Waals surface area contributed by atoms with E-state index in [-0.39, 0.29) is 29.3 Å². The van der Waals surface area contributed by atoms with Gasteiger partial charge in [0.25, 0.3) is 0 Å². The second-order valence-electron chi connectivity index (χ2n) is 6.96. The molecular formula is C16H27N3OS. The summed E-state index contributed by atoms with van der Waals surface area (Å²) < 4.78 is 0. The molecule has 0 radical (unpaired) electrons. The van der Waals surface area contributed by atoms with Crippen molar-refractivity contribution in [2.24, 2.45) is 23.0 Å². The Bertz CT molecular complexity index is 511. The molecule has 0 aliphatic heterocycles. The molecule has 4 nitrogen and oxygen atoms in total. The highest BCUT2D eigenvalue weighted by molar-refractivity contribution is 7.09. The molecule has 0 aromatic carbocycles. The van der Waals surface area contributed by atoms with E-state index in [0.29, 0.717) is 5.92 Å². The van der Waals surface area contributed by atoms with Gasteiger partial charge >= 0.3 is 0 Å². The minimum atomic E-state index is -0.0692. The second kappa shape index (κ2) is 6.05. The zero-order valence-corrected chi connectivity index (χ0v) is 14.5. The van der Waals surface area contributed by atoms with Crippen LogP contribution in [-0.4, -0.2) is 16.9 Å². The highest BCUT2D eigenvalue weighted by Crippen LogP contribution is 2.44. The first-order chi connectivity index (χ1) is 9.73. The van der Waals surface area contributed by atoms with Crippen molar-refractivity contribution in [3.05, 3.63) is 16.1 Å². The fourth-order valence-electron chi connectivity index (χ4n) is 3.27. The second-order valence-corrected chi connectivity index (χ2v) is 7.85. The lowest BCUT2D eigenvalue weighted by Gasteiger charge is -2.46. The summed E-state index contributed by atoms with van der Waals surface area (Å²) in [5, 5.41) is 6.13. The van der Waals surface area contributed by atoms with E-state index in [1.807, 2.05) is 19.2 Å². The summed E-state index contributed by atoms with van der Waals surface area (Å²) in [6, 6.07) is 0.168. The Labute approximate surface area is 131 Å². The van der Waals surface area contributed by atoms with E-state index in [1.54, 1.807) is 11.3 Å². The first-order valence-corrected chi connectivity index (χ1v) is 8.59. The first kappa shape index (κ1) is 16.4. The molecule has 118 valence electrons. The molecule has 3 N–H and O–H groups in total. The number of amides is 1. The third kappa shape index (κ3) is 3.29. The van der Waals surface area contributed by atoms with Gasteiger partial charge in [-0.3, -0.25) is 4.79 Å². The zero-order valence-electron chi connectivity index (χ0n) is 13.6. The van der Waals surface area contributed by atoms with Crippen LogP contribution in [0.15, 0.2) is 5.38 Å². The molecule has 1 heterocycles. The molecule has 1 aliphatic rings. The van der Waals surface area contributed by atoms with Crippen molar-refractivity contribution in [1.29, 1.82) is 0 Å². The fourth-order valence-corrected chi connectivity index (χ4v) is 4.07. The SMILES string of the molecule is Cc1csc(C(C)NC(=O)C2CCC(N)C(C)C2(C)C)n1. The smallest absolute Gasteiger partial charge is 0.224 e. The monoisotopic (exact) mass is 309 g/mol. The Morgan fingerprint density at radius 3 is 2.76 bits per heavy atom. The van der Waals surface area contributed by atoms with Crippen LogP contribution in [0.1, 0.15) is 57.3 Å². The Morgan fingerprint density at radius 1 is 1.52 bits per heavy atom. The van der Waals surface area contributed by atoms with E-state index in [9.17, 15) is 4.79 Å². The van der Waals surface area contributed by atoms with Gasteiger partial charge in [-0.1, -0.05) is 20.8 Å². The lowest BCUT2D eigenvalue weighted by molar-refractivity contribution is -0.133. The van der Waals surface area contributed by atoms with E-state index >= 15 is 0 Å². The minimum absolute atomic E-state index is 0.0239. The number of carbonyl (C=O) groups is 1. The normalized spacial score (nSPS) is 29.9. The number of aromatic nitrogens is 1. The average molecular weight is 309 g/mol. The zero-order chi connectivity index (χ0) is 15.8. The van der Waals surface area contributed by atoms with Crippen LogP contribution in [-0.2, 0) is 4.79 Å². The van der Waals surface area contributed by atoms with Crippen molar-refractivity contribution in [3.63, 3.8) is 0 Å². The fraction of sp³-hybridized carbons (Fsp3) is 0.750. The molecular weight excluding hydrogens is 282 g/mol. The Hall–Kier alpha value is -0.940. The average Bonchev–Trinajstić information content (AvgIpc) is 2.82. The number of nitrogens with zero attached hydrogens (tertiary/aromatic N) is 1. The van der Waals surface area contributed by atoms with Crippen LogP contribution in [0.25, 0.3) is 0 Å². The molecule has 1 aromatic heterocycles. The van der Waals surface area contributed by atoms with Crippen LogP contribution < -0.4 is 11.1 Å². The van der Waals surface area contributed by atoms with Crippen LogP contribution in [0, 0.1) is 24.2 Å². The summed E-state index contributed by atoms with van der Waals surface area (Å²) in [5.41, 5.74) is 7.11. The van der Waals surface area contributed by atoms with E-state index in [2.05, 4.69) is 31.1 Å². The summed E-state index contributed by atoms with van der Waals surface area (Å²) in [4.78, 5) is 17.1. The molecule has 0 saturated heterocycles. The number of carbonyl (C=O) groups excluding carboxylic acids is 1. The lowest BCUT2D eigenvalue weighted by Crippen LogP contribution is -2.51. The molecule has 1 saturated carbocycles. The van der Waals surface area contributed by atoms with Crippen LogP contribution in [0.4, 0.5) is 0 Å². The number of rotatable bonds is 3.